The zero-order chi connectivity index (χ0) is 15.6. The Hall–Kier alpha value is -1.06. The Morgan fingerprint density at radius 1 is 1.48 bits per heavy atom. The van der Waals surface area contributed by atoms with Crippen LogP contribution in [0.1, 0.15) is 53.9 Å². The molecule has 0 spiro atoms. The smallest absolute Gasteiger partial charge is 0.312 e. The molecule has 1 heterocycles. The van der Waals surface area contributed by atoms with Crippen molar-refractivity contribution in [3.63, 3.8) is 0 Å². The summed E-state index contributed by atoms with van der Waals surface area (Å²) < 4.78 is 11.4. The molecular weight excluding hydrogens is 268 g/mol. The standard InChI is InChI=1S/C17H26O4/c1-9(2)7-16(3,4)14(18)20-12-10-6-11-13(12)21-15(19)17(11,5)8-10/h9-13H,6-8H2,1-5H3. The average molecular weight is 294 g/mol. The molecule has 2 bridgehead atoms. The predicted molar refractivity (Wildman–Crippen MR) is 77.3 cm³/mol. The molecule has 3 rings (SSSR count). The van der Waals surface area contributed by atoms with Crippen LogP contribution in [0.2, 0.25) is 0 Å². The summed E-state index contributed by atoms with van der Waals surface area (Å²) in [6.07, 6.45) is 2.12. The van der Waals surface area contributed by atoms with E-state index < -0.39 is 5.41 Å². The van der Waals surface area contributed by atoms with Crippen LogP contribution in [0, 0.1) is 28.6 Å². The van der Waals surface area contributed by atoms with E-state index in [0.717, 1.165) is 19.3 Å². The van der Waals surface area contributed by atoms with Gasteiger partial charge in [-0.1, -0.05) is 13.8 Å². The highest BCUT2D eigenvalue weighted by atomic mass is 16.6. The third-order valence-corrected chi connectivity index (χ3v) is 5.67. The van der Waals surface area contributed by atoms with Crippen LogP contribution < -0.4 is 0 Å². The molecule has 21 heavy (non-hydrogen) atoms. The second-order valence-corrected chi connectivity index (χ2v) is 8.45. The van der Waals surface area contributed by atoms with Crippen molar-refractivity contribution in [1.29, 1.82) is 0 Å². The molecule has 2 aliphatic carbocycles. The molecule has 0 radical (unpaired) electrons. The van der Waals surface area contributed by atoms with Crippen LogP contribution in [0.4, 0.5) is 0 Å². The maximum atomic E-state index is 12.5. The van der Waals surface area contributed by atoms with Crippen LogP contribution in [0.15, 0.2) is 0 Å². The second kappa shape index (κ2) is 4.47. The zero-order valence-electron chi connectivity index (χ0n) is 13.6. The van der Waals surface area contributed by atoms with Gasteiger partial charge in [0, 0.05) is 11.8 Å². The molecule has 0 aromatic carbocycles. The predicted octanol–water partition coefficient (Wildman–Crippen LogP) is 2.94. The van der Waals surface area contributed by atoms with Gasteiger partial charge in [0.05, 0.1) is 10.8 Å². The van der Waals surface area contributed by atoms with E-state index in [1.165, 1.54) is 0 Å². The first-order valence-electron chi connectivity index (χ1n) is 8.07. The van der Waals surface area contributed by atoms with Gasteiger partial charge < -0.3 is 9.47 Å². The molecule has 2 saturated carbocycles. The highest BCUT2D eigenvalue weighted by molar-refractivity contribution is 5.81. The summed E-state index contributed by atoms with van der Waals surface area (Å²) in [4.78, 5) is 24.5. The summed E-state index contributed by atoms with van der Waals surface area (Å²) in [5, 5.41) is 0. The Labute approximate surface area is 126 Å². The van der Waals surface area contributed by atoms with Gasteiger partial charge in [-0.2, -0.15) is 0 Å². The van der Waals surface area contributed by atoms with E-state index >= 15 is 0 Å². The fourth-order valence-electron chi connectivity index (χ4n) is 4.80. The molecule has 3 fully saturated rings. The van der Waals surface area contributed by atoms with E-state index in [-0.39, 0.29) is 41.4 Å². The van der Waals surface area contributed by atoms with Crippen LogP contribution in [0.5, 0.6) is 0 Å². The minimum absolute atomic E-state index is 0.0972. The first-order valence-corrected chi connectivity index (χ1v) is 8.07. The number of carbonyl (C=O) groups excluding carboxylic acids is 2. The van der Waals surface area contributed by atoms with E-state index in [1.54, 1.807) is 0 Å². The third-order valence-electron chi connectivity index (χ3n) is 5.67. The maximum absolute atomic E-state index is 12.5. The number of ether oxygens (including phenoxy) is 2. The highest BCUT2D eigenvalue weighted by Gasteiger charge is 2.69. The van der Waals surface area contributed by atoms with Gasteiger partial charge in [-0.25, -0.2) is 0 Å². The van der Waals surface area contributed by atoms with E-state index in [1.807, 2.05) is 20.8 Å². The van der Waals surface area contributed by atoms with Crippen molar-refractivity contribution < 1.29 is 19.1 Å². The molecule has 0 amide bonds. The van der Waals surface area contributed by atoms with E-state index in [0.29, 0.717) is 5.92 Å². The summed E-state index contributed by atoms with van der Waals surface area (Å²) in [7, 11) is 0. The van der Waals surface area contributed by atoms with E-state index in [4.69, 9.17) is 9.47 Å². The van der Waals surface area contributed by atoms with Gasteiger partial charge in [0.25, 0.3) is 0 Å². The lowest BCUT2D eigenvalue weighted by Gasteiger charge is -2.32. The summed E-state index contributed by atoms with van der Waals surface area (Å²) in [5.74, 6) is 0.717. The second-order valence-electron chi connectivity index (χ2n) is 8.45. The lowest BCUT2D eigenvalue weighted by Crippen LogP contribution is -2.41. The molecule has 118 valence electrons. The van der Waals surface area contributed by atoms with Crippen molar-refractivity contribution in [1.82, 2.24) is 0 Å². The molecule has 0 N–H and O–H groups in total. The topological polar surface area (TPSA) is 52.6 Å². The molecule has 1 aliphatic heterocycles. The Balaban J connectivity index is 1.71. The molecule has 1 saturated heterocycles. The molecule has 4 nitrogen and oxygen atoms in total. The Bertz CT molecular complexity index is 481. The largest absolute Gasteiger partial charge is 0.458 e. The van der Waals surface area contributed by atoms with Crippen molar-refractivity contribution in [3.05, 3.63) is 0 Å². The normalized spacial score (nSPS) is 40.8. The molecule has 5 atom stereocenters. The van der Waals surface area contributed by atoms with E-state index in [2.05, 4.69) is 13.8 Å². The van der Waals surface area contributed by atoms with Crippen molar-refractivity contribution >= 4 is 11.9 Å². The SMILES string of the molecule is CC(C)CC(C)(C)C(=O)OC1C2CC3C1OC(=O)C3(C)C2. The van der Waals surface area contributed by atoms with Crippen molar-refractivity contribution in [2.45, 2.75) is 66.1 Å². The lowest BCUT2D eigenvalue weighted by atomic mass is 9.75. The summed E-state index contributed by atoms with van der Waals surface area (Å²) >= 11 is 0. The van der Waals surface area contributed by atoms with Crippen LogP contribution in [0.25, 0.3) is 0 Å². The highest BCUT2D eigenvalue weighted by Crippen LogP contribution is 2.62. The number of fused-ring (bicyclic) bond motifs is 1. The summed E-state index contributed by atoms with van der Waals surface area (Å²) in [6.45, 7) is 10.1. The fraction of sp³-hybridized carbons (Fsp3) is 0.882. The summed E-state index contributed by atoms with van der Waals surface area (Å²) in [6, 6.07) is 0. The maximum Gasteiger partial charge on any atom is 0.312 e. The lowest BCUT2D eigenvalue weighted by molar-refractivity contribution is -0.171. The van der Waals surface area contributed by atoms with Gasteiger partial charge in [0.2, 0.25) is 0 Å². The van der Waals surface area contributed by atoms with Crippen LogP contribution in [-0.4, -0.2) is 24.1 Å². The molecule has 0 aromatic heterocycles. The minimum atomic E-state index is -0.484. The van der Waals surface area contributed by atoms with Gasteiger partial charge in [0.1, 0.15) is 12.2 Å². The molecule has 4 heteroatoms. The average Bonchev–Trinajstić information content (AvgIpc) is 2.88. The first kappa shape index (κ1) is 14.9. The molecule has 3 aliphatic rings. The molecule has 0 aromatic rings. The van der Waals surface area contributed by atoms with E-state index in [9.17, 15) is 9.59 Å². The van der Waals surface area contributed by atoms with Crippen LogP contribution in [0.3, 0.4) is 0 Å². The zero-order valence-corrected chi connectivity index (χ0v) is 13.6. The molecule has 5 unspecified atom stereocenters. The Kier molecular flexibility index (Phi) is 3.16. The summed E-state index contributed by atoms with van der Waals surface area (Å²) in [5.41, 5.74) is -0.812. The van der Waals surface area contributed by atoms with Gasteiger partial charge in [-0.05, 0) is 46.0 Å². The fourth-order valence-corrected chi connectivity index (χ4v) is 4.80. The quantitative estimate of drug-likeness (QED) is 0.748. The van der Waals surface area contributed by atoms with Crippen molar-refractivity contribution in [3.8, 4) is 0 Å². The van der Waals surface area contributed by atoms with Gasteiger partial charge in [-0.3, -0.25) is 9.59 Å². The van der Waals surface area contributed by atoms with Gasteiger partial charge in [-0.15, -0.1) is 0 Å². The van der Waals surface area contributed by atoms with Crippen molar-refractivity contribution in [2.24, 2.45) is 28.6 Å². The monoisotopic (exact) mass is 294 g/mol. The number of carbonyl (C=O) groups is 2. The van der Waals surface area contributed by atoms with Gasteiger partial charge in [0.15, 0.2) is 0 Å². The van der Waals surface area contributed by atoms with Crippen LogP contribution >= 0.6 is 0 Å². The number of rotatable bonds is 4. The van der Waals surface area contributed by atoms with Gasteiger partial charge >= 0.3 is 11.9 Å². The minimum Gasteiger partial charge on any atom is -0.458 e. The molecular formula is C17H26O4. The van der Waals surface area contributed by atoms with Crippen LogP contribution in [-0.2, 0) is 19.1 Å². The first-order chi connectivity index (χ1) is 9.65. The van der Waals surface area contributed by atoms with Crippen molar-refractivity contribution in [2.75, 3.05) is 0 Å². The Morgan fingerprint density at radius 2 is 2.14 bits per heavy atom. The number of hydrogen-bond donors (Lipinski definition) is 0. The Morgan fingerprint density at radius 3 is 2.76 bits per heavy atom. The number of hydrogen-bond acceptors (Lipinski definition) is 4. The third kappa shape index (κ3) is 2.09. The number of esters is 2.